The van der Waals surface area contributed by atoms with Crippen molar-refractivity contribution in [2.24, 2.45) is 0 Å². The van der Waals surface area contributed by atoms with Gasteiger partial charge in [-0.2, -0.15) is 0 Å². The lowest BCUT2D eigenvalue weighted by Crippen LogP contribution is -1.79. The van der Waals surface area contributed by atoms with Gasteiger partial charge < -0.3 is 8.83 Å². The van der Waals surface area contributed by atoms with Crippen LogP contribution in [-0.4, -0.2) is 9.97 Å². The van der Waals surface area contributed by atoms with Gasteiger partial charge in [0, 0.05) is 10.6 Å². The van der Waals surface area contributed by atoms with E-state index in [-0.39, 0.29) is 0 Å². The van der Waals surface area contributed by atoms with Gasteiger partial charge in [-0.15, -0.1) is 0 Å². The number of fused-ring (bicyclic) bond motifs is 1. The summed E-state index contributed by atoms with van der Waals surface area (Å²) in [4.78, 5) is 8.70. The lowest BCUT2D eigenvalue weighted by molar-refractivity contribution is 0.486. The maximum atomic E-state index is 5.99. The van der Waals surface area contributed by atoms with Crippen molar-refractivity contribution in [3.8, 4) is 11.3 Å². The van der Waals surface area contributed by atoms with Crippen LogP contribution >= 0.6 is 23.4 Å². The number of aromatic nitrogens is 2. The maximum absolute atomic E-state index is 5.99. The van der Waals surface area contributed by atoms with E-state index < -0.39 is 0 Å². The predicted molar refractivity (Wildman–Crippen MR) is 90.5 cm³/mol. The van der Waals surface area contributed by atoms with Crippen LogP contribution in [0.4, 0.5) is 0 Å². The van der Waals surface area contributed by atoms with E-state index in [0.29, 0.717) is 27.6 Å². The Balaban J connectivity index is 1.49. The molecule has 114 valence electrons. The van der Waals surface area contributed by atoms with E-state index in [4.69, 9.17) is 20.4 Å². The molecule has 2 heterocycles. The first-order valence-electron chi connectivity index (χ1n) is 6.97. The lowest BCUT2D eigenvalue weighted by Gasteiger charge is -1.96. The van der Waals surface area contributed by atoms with Crippen LogP contribution in [0.3, 0.4) is 0 Å². The molecule has 0 aliphatic carbocycles. The Labute approximate surface area is 141 Å². The number of oxazole rings is 2. The Kier molecular flexibility index (Phi) is 3.81. The van der Waals surface area contributed by atoms with E-state index in [1.807, 2.05) is 48.5 Å². The SMILES string of the molecule is Clc1cccc(-c2cnc(CSc3nc4ccccc4o3)o2)c1. The van der Waals surface area contributed by atoms with Gasteiger partial charge in [0.15, 0.2) is 11.3 Å². The van der Waals surface area contributed by atoms with Crippen LogP contribution in [0.15, 0.2) is 68.8 Å². The molecule has 4 rings (SSSR count). The fourth-order valence-corrected chi connectivity index (χ4v) is 3.07. The number of rotatable bonds is 4. The van der Waals surface area contributed by atoms with E-state index in [1.54, 1.807) is 6.20 Å². The Bertz CT molecular complexity index is 931. The minimum absolute atomic E-state index is 0.549. The first-order chi connectivity index (χ1) is 11.3. The van der Waals surface area contributed by atoms with Crippen molar-refractivity contribution in [1.29, 1.82) is 0 Å². The molecule has 0 spiro atoms. The number of benzene rings is 2. The second-order valence-electron chi connectivity index (χ2n) is 4.86. The molecule has 2 aromatic heterocycles. The zero-order valence-corrected chi connectivity index (χ0v) is 13.5. The summed E-state index contributed by atoms with van der Waals surface area (Å²) in [6, 6.07) is 15.2. The van der Waals surface area contributed by atoms with Crippen molar-refractivity contribution in [2.75, 3.05) is 0 Å². The van der Waals surface area contributed by atoms with E-state index in [9.17, 15) is 0 Å². The molecule has 2 aromatic carbocycles. The van der Waals surface area contributed by atoms with Gasteiger partial charge in [0.2, 0.25) is 5.89 Å². The second-order valence-corrected chi connectivity index (χ2v) is 6.23. The third-order valence-electron chi connectivity index (χ3n) is 3.26. The van der Waals surface area contributed by atoms with Crippen LogP contribution in [-0.2, 0) is 5.75 Å². The highest BCUT2D eigenvalue weighted by Crippen LogP contribution is 2.28. The van der Waals surface area contributed by atoms with Gasteiger partial charge in [-0.1, -0.05) is 47.6 Å². The van der Waals surface area contributed by atoms with Crippen LogP contribution in [0.2, 0.25) is 5.02 Å². The number of nitrogens with zero attached hydrogens (tertiary/aromatic N) is 2. The van der Waals surface area contributed by atoms with Crippen molar-refractivity contribution in [1.82, 2.24) is 9.97 Å². The van der Waals surface area contributed by atoms with Gasteiger partial charge >= 0.3 is 0 Å². The fraction of sp³-hybridized carbons (Fsp3) is 0.0588. The molecule has 0 aliphatic rings. The zero-order chi connectivity index (χ0) is 15.6. The second kappa shape index (κ2) is 6.10. The highest BCUT2D eigenvalue weighted by molar-refractivity contribution is 7.98. The Hall–Kier alpha value is -2.24. The molecule has 0 radical (unpaired) electrons. The van der Waals surface area contributed by atoms with Crippen LogP contribution in [0.25, 0.3) is 22.4 Å². The van der Waals surface area contributed by atoms with Crippen molar-refractivity contribution < 1.29 is 8.83 Å². The average Bonchev–Trinajstić information content (AvgIpc) is 3.19. The number of hydrogen-bond acceptors (Lipinski definition) is 5. The lowest BCUT2D eigenvalue weighted by atomic mass is 10.2. The van der Waals surface area contributed by atoms with Gasteiger partial charge in [0.1, 0.15) is 5.52 Å². The molecule has 0 fully saturated rings. The monoisotopic (exact) mass is 342 g/mol. The summed E-state index contributed by atoms with van der Waals surface area (Å²) in [5.74, 6) is 1.86. The molecule has 0 aliphatic heterocycles. The number of para-hydroxylation sites is 2. The van der Waals surface area contributed by atoms with E-state index in [0.717, 1.165) is 16.7 Å². The van der Waals surface area contributed by atoms with Crippen molar-refractivity contribution >= 4 is 34.5 Å². The van der Waals surface area contributed by atoms with Crippen LogP contribution in [0, 0.1) is 0 Å². The molecule has 0 bridgehead atoms. The van der Waals surface area contributed by atoms with Gasteiger partial charge in [-0.05, 0) is 24.3 Å². The first kappa shape index (κ1) is 14.4. The summed E-state index contributed by atoms with van der Waals surface area (Å²) >= 11 is 7.45. The zero-order valence-electron chi connectivity index (χ0n) is 11.9. The molecule has 0 unspecified atom stereocenters. The normalized spacial score (nSPS) is 11.2. The molecule has 0 saturated heterocycles. The highest BCUT2D eigenvalue weighted by atomic mass is 35.5. The molecule has 0 amide bonds. The van der Waals surface area contributed by atoms with Crippen molar-refractivity contribution in [2.45, 2.75) is 11.0 Å². The molecule has 0 N–H and O–H groups in total. The summed E-state index contributed by atoms with van der Waals surface area (Å²) < 4.78 is 11.4. The largest absolute Gasteiger partial charge is 0.440 e. The van der Waals surface area contributed by atoms with Gasteiger partial charge in [0.05, 0.1) is 11.9 Å². The molecule has 0 saturated carbocycles. The first-order valence-corrected chi connectivity index (χ1v) is 8.33. The maximum Gasteiger partial charge on any atom is 0.257 e. The standard InChI is InChI=1S/C17H11ClN2O2S/c18-12-5-3-4-11(8-12)15-9-19-16(21-15)10-23-17-20-13-6-1-2-7-14(13)22-17/h1-9H,10H2. The minimum atomic E-state index is 0.549. The topological polar surface area (TPSA) is 52.1 Å². The predicted octanol–water partition coefficient (Wildman–Crippen LogP) is 5.43. The molecule has 23 heavy (non-hydrogen) atoms. The van der Waals surface area contributed by atoms with Gasteiger partial charge in [-0.25, -0.2) is 9.97 Å². The van der Waals surface area contributed by atoms with Crippen LogP contribution in [0.1, 0.15) is 5.89 Å². The third kappa shape index (κ3) is 3.11. The summed E-state index contributed by atoms with van der Waals surface area (Å²) in [5, 5.41) is 1.27. The van der Waals surface area contributed by atoms with Crippen LogP contribution in [0.5, 0.6) is 0 Å². The number of halogens is 1. The quantitative estimate of drug-likeness (QED) is 0.463. The van der Waals surface area contributed by atoms with Gasteiger partial charge in [-0.3, -0.25) is 0 Å². The van der Waals surface area contributed by atoms with Crippen molar-refractivity contribution in [3.05, 3.63) is 65.6 Å². The molecular weight excluding hydrogens is 332 g/mol. The number of thioether (sulfide) groups is 1. The van der Waals surface area contributed by atoms with E-state index >= 15 is 0 Å². The Morgan fingerprint density at radius 1 is 1.04 bits per heavy atom. The highest BCUT2D eigenvalue weighted by Gasteiger charge is 2.10. The van der Waals surface area contributed by atoms with E-state index in [1.165, 1.54) is 11.8 Å². The summed E-state index contributed by atoms with van der Waals surface area (Å²) in [6.45, 7) is 0. The minimum Gasteiger partial charge on any atom is -0.440 e. The molecule has 4 nitrogen and oxygen atoms in total. The van der Waals surface area contributed by atoms with E-state index in [2.05, 4.69) is 9.97 Å². The summed E-state index contributed by atoms with van der Waals surface area (Å²) in [5.41, 5.74) is 2.53. The van der Waals surface area contributed by atoms with Crippen LogP contribution < -0.4 is 0 Å². The van der Waals surface area contributed by atoms with Crippen molar-refractivity contribution in [3.63, 3.8) is 0 Å². The number of hydrogen-bond donors (Lipinski definition) is 0. The smallest absolute Gasteiger partial charge is 0.257 e. The molecule has 4 aromatic rings. The third-order valence-corrected chi connectivity index (χ3v) is 4.30. The fourth-order valence-electron chi connectivity index (χ4n) is 2.19. The Morgan fingerprint density at radius 3 is 2.83 bits per heavy atom. The average molecular weight is 343 g/mol. The molecule has 0 atom stereocenters. The summed E-state index contributed by atoms with van der Waals surface area (Å²) in [6.07, 6.45) is 1.70. The van der Waals surface area contributed by atoms with Gasteiger partial charge in [0.25, 0.3) is 5.22 Å². The summed E-state index contributed by atoms with van der Waals surface area (Å²) in [7, 11) is 0. The molecule has 6 heteroatoms. The molecular formula is C17H11ClN2O2S. The Morgan fingerprint density at radius 2 is 1.96 bits per heavy atom.